The number of pyridine rings is 1. The van der Waals surface area contributed by atoms with E-state index in [9.17, 15) is 4.79 Å². The lowest BCUT2D eigenvalue weighted by molar-refractivity contribution is -0.136. The quantitative estimate of drug-likeness (QED) is 0.763. The van der Waals surface area contributed by atoms with Crippen LogP contribution in [0.1, 0.15) is 31.7 Å². The van der Waals surface area contributed by atoms with Gasteiger partial charge in [0, 0.05) is 38.7 Å². The largest absolute Gasteiger partial charge is 0.381 e. The Hall–Kier alpha value is -2.24. The van der Waals surface area contributed by atoms with E-state index in [1.807, 2.05) is 12.3 Å². The average Bonchev–Trinajstić information content (AvgIpc) is 3.27. The molecule has 1 atom stereocenters. The number of ether oxygens (including phenoxy) is 1. The fourth-order valence-corrected chi connectivity index (χ4v) is 4.82. The summed E-state index contributed by atoms with van der Waals surface area (Å²) in [5.41, 5.74) is 3.07. The van der Waals surface area contributed by atoms with Crippen LogP contribution in [0.15, 0.2) is 48.8 Å². The smallest absolute Gasteiger partial charge is 0.226 e. The van der Waals surface area contributed by atoms with Crippen molar-refractivity contribution in [2.24, 2.45) is 11.3 Å². The Morgan fingerprint density at radius 3 is 2.80 bits per heavy atom. The molecule has 0 bridgehead atoms. The average molecular weight is 408 g/mol. The van der Waals surface area contributed by atoms with Gasteiger partial charge >= 0.3 is 0 Å². The Labute approximate surface area is 179 Å². The Morgan fingerprint density at radius 1 is 1.23 bits per heavy atom. The van der Waals surface area contributed by atoms with Crippen LogP contribution in [0, 0.1) is 11.3 Å². The number of amides is 1. The van der Waals surface area contributed by atoms with Gasteiger partial charge in [0.2, 0.25) is 5.91 Å². The van der Waals surface area contributed by atoms with E-state index >= 15 is 0 Å². The Balaban J connectivity index is 1.46. The number of aromatic nitrogens is 1. The first-order chi connectivity index (χ1) is 14.7. The number of likely N-dealkylation sites (tertiary alicyclic amines) is 1. The molecule has 2 aliphatic heterocycles. The second kappa shape index (κ2) is 9.71. The molecule has 4 rings (SSSR count). The molecule has 2 saturated heterocycles. The first kappa shape index (κ1) is 21.0. The van der Waals surface area contributed by atoms with Crippen molar-refractivity contribution in [2.45, 2.75) is 32.6 Å². The number of nitrogens with zero attached hydrogens (tertiary/aromatic N) is 2. The second-order valence-electron chi connectivity index (χ2n) is 8.77. The van der Waals surface area contributed by atoms with E-state index < -0.39 is 0 Å². The summed E-state index contributed by atoms with van der Waals surface area (Å²) >= 11 is 0. The lowest BCUT2D eigenvalue weighted by Crippen LogP contribution is -2.47. The SMILES string of the molecule is CCN1CCC(CNC(=O)C2(Cc3cccc(-c4cccnc4)c3)CCOCC2)C1. The molecule has 160 valence electrons. The highest BCUT2D eigenvalue weighted by molar-refractivity contribution is 5.83. The predicted molar refractivity (Wildman–Crippen MR) is 119 cm³/mol. The molecule has 1 aromatic heterocycles. The molecule has 5 heteroatoms. The molecule has 2 fully saturated rings. The molecule has 2 aliphatic rings. The molecule has 1 amide bonds. The second-order valence-corrected chi connectivity index (χ2v) is 8.77. The molecule has 1 aromatic carbocycles. The topological polar surface area (TPSA) is 54.5 Å². The van der Waals surface area contributed by atoms with Crippen molar-refractivity contribution in [3.63, 3.8) is 0 Å². The maximum atomic E-state index is 13.4. The minimum absolute atomic E-state index is 0.201. The number of rotatable bonds is 7. The molecular weight excluding hydrogens is 374 g/mol. The van der Waals surface area contributed by atoms with Gasteiger partial charge in [-0.2, -0.15) is 0 Å². The summed E-state index contributed by atoms with van der Waals surface area (Å²) in [6.45, 7) is 7.65. The minimum atomic E-state index is -0.380. The van der Waals surface area contributed by atoms with Crippen LogP contribution in [0.3, 0.4) is 0 Å². The van der Waals surface area contributed by atoms with Gasteiger partial charge in [-0.05, 0) is 67.4 Å². The summed E-state index contributed by atoms with van der Waals surface area (Å²) in [7, 11) is 0. The van der Waals surface area contributed by atoms with Gasteiger partial charge in [0.25, 0.3) is 0 Å². The van der Waals surface area contributed by atoms with Crippen LogP contribution >= 0.6 is 0 Å². The molecule has 2 aromatic rings. The lowest BCUT2D eigenvalue weighted by Gasteiger charge is -2.36. The van der Waals surface area contributed by atoms with Crippen molar-refractivity contribution < 1.29 is 9.53 Å². The van der Waals surface area contributed by atoms with Crippen LogP contribution in [0.5, 0.6) is 0 Å². The number of nitrogens with one attached hydrogen (secondary N) is 1. The number of hydrogen-bond acceptors (Lipinski definition) is 4. The molecular formula is C25H33N3O2. The normalized spacial score (nSPS) is 21.4. The summed E-state index contributed by atoms with van der Waals surface area (Å²) in [5, 5.41) is 3.32. The van der Waals surface area contributed by atoms with E-state index in [4.69, 9.17) is 4.74 Å². The van der Waals surface area contributed by atoms with E-state index in [1.165, 1.54) is 12.0 Å². The van der Waals surface area contributed by atoms with E-state index in [2.05, 4.69) is 52.5 Å². The summed E-state index contributed by atoms with van der Waals surface area (Å²) < 4.78 is 5.62. The zero-order valence-electron chi connectivity index (χ0n) is 18.0. The fraction of sp³-hybridized carbons (Fsp3) is 0.520. The van der Waals surface area contributed by atoms with Crippen LogP contribution in [-0.4, -0.2) is 55.2 Å². The maximum absolute atomic E-state index is 13.4. The highest BCUT2D eigenvalue weighted by Crippen LogP contribution is 2.36. The third-order valence-electron chi connectivity index (χ3n) is 6.76. The van der Waals surface area contributed by atoms with Crippen LogP contribution in [0.25, 0.3) is 11.1 Å². The zero-order valence-corrected chi connectivity index (χ0v) is 18.0. The van der Waals surface area contributed by atoms with Gasteiger partial charge in [-0.25, -0.2) is 0 Å². The molecule has 30 heavy (non-hydrogen) atoms. The van der Waals surface area contributed by atoms with Gasteiger partial charge in [-0.1, -0.05) is 37.3 Å². The molecule has 0 spiro atoms. The number of carbonyl (C=O) groups is 1. The van der Waals surface area contributed by atoms with Gasteiger partial charge in [-0.15, -0.1) is 0 Å². The third kappa shape index (κ3) is 4.90. The van der Waals surface area contributed by atoms with Crippen molar-refractivity contribution in [1.82, 2.24) is 15.2 Å². The minimum Gasteiger partial charge on any atom is -0.381 e. The first-order valence-electron chi connectivity index (χ1n) is 11.3. The van der Waals surface area contributed by atoms with Crippen molar-refractivity contribution in [2.75, 3.05) is 39.4 Å². The first-order valence-corrected chi connectivity index (χ1v) is 11.3. The number of carbonyl (C=O) groups excluding carboxylic acids is 1. The highest BCUT2D eigenvalue weighted by Gasteiger charge is 2.40. The van der Waals surface area contributed by atoms with Gasteiger partial charge < -0.3 is 15.0 Å². The number of benzene rings is 1. The van der Waals surface area contributed by atoms with Crippen LogP contribution in [-0.2, 0) is 16.0 Å². The van der Waals surface area contributed by atoms with Crippen molar-refractivity contribution in [3.8, 4) is 11.1 Å². The molecule has 0 saturated carbocycles. The maximum Gasteiger partial charge on any atom is 0.226 e. The standard InChI is InChI=1S/C25H33N3O2/c1-2-28-12-8-21(19-28)17-27-24(29)25(9-13-30-14-10-25)16-20-5-3-6-22(15-20)23-7-4-11-26-18-23/h3-7,11,15,18,21H,2,8-10,12-14,16-17,19H2,1H3,(H,27,29). The zero-order chi connectivity index (χ0) is 20.8. The molecule has 1 N–H and O–H groups in total. The molecule has 0 radical (unpaired) electrons. The Kier molecular flexibility index (Phi) is 6.80. The third-order valence-corrected chi connectivity index (χ3v) is 6.76. The summed E-state index contributed by atoms with van der Waals surface area (Å²) in [6, 6.07) is 12.6. The van der Waals surface area contributed by atoms with Gasteiger partial charge in [0.15, 0.2) is 0 Å². The van der Waals surface area contributed by atoms with Crippen molar-refractivity contribution in [3.05, 3.63) is 54.4 Å². The van der Waals surface area contributed by atoms with Gasteiger partial charge in [0.05, 0.1) is 5.41 Å². The van der Waals surface area contributed by atoms with Crippen molar-refractivity contribution in [1.29, 1.82) is 0 Å². The van der Waals surface area contributed by atoms with E-state index in [1.54, 1.807) is 6.20 Å². The molecule has 1 unspecified atom stereocenters. The van der Waals surface area contributed by atoms with Crippen LogP contribution < -0.4 is 5.32 Å². The van der Waals surface area contributed by atoms with Crippen LogP contribution in [0.2, 0.25) is 0 Å². The van der Waals surface area contributed by atoms with E-state index in [0.717, 1.165) is 56.6 Å². The van der Waals surface area contributed by atoms with Crippen molar-refractivity contribution >= 4 is 5.91 Å². The summed E-state index contributed by atoms with van der Waals surface area (Å²) in [5.74, 6) is 0.771. The summed E-state index contributed by atoms with van der Waals surface area (Å²) in [4.78, 5) is 20.1. The van der Waals surface area contributed by atoms with E-state index in [-0.39, 0.29) is 11.3 Å². The highest BCUT2D eigenvalue weighted by atomic mass is 16.5. The molecule has 5 nitrogen and oxygen atoms in total. The van der Waals surface area contributed by atoms with E-state index in [0.29, 0.717) is 19.1 Å². The van der Waals surface area contributed by atoms with Gasteiger partial charge in [-0.3, -0.25) is 9.78 Å². The monoisotopic (exact) mass is 407 g/mol. The Bertz CT molecular complexity index is 833. The van der Waals surface area contributed by atoms with Gasteiger partial charge in [0.1, 0.15) is 0 Å². The predicted octanol–water partition coefficient (Wildman–Crippen LogP) is 3.55. The van der Waals surface area contributed by atoms with Crippen LogP contribution in [0.4, 0.5) is 0 Å². The fourth-order valence-electron chi connectivity index (χ4n) is 4.82. The molecule has 3 heterocycles. The Morgan fingerprint density at radius 2 is 2.07 bits per heavy atom. The number of hydrogen-bond donors (Lipinski definition) is 1. The molecule has 0 aliphatic carbocycles. The summed E-state index contributed by atoms with van der Waals surface area (Å²) in [6.07, 6.45) is 7.17. The lowest BCUT2D eigenvalue weighted by atomic mass is 9.74.